The maximum absolute atomic E-state index is 9.43. The van der Waals surface area contributed by atoms with Crippen LogP contribution < -0.4 is 0 Å². The van der Waals surface area contributed by atoms with Gasteiger partial charge in [0, 0.05) is 19.0 Å². The lowest BCUT2D eigenvalue weighted by molar-refractivity contribution is 0.100. The Balaban J connectivity index is 2.58. The van der Waals surface area contributed by atoms with E-state index in [1.807, 2.05) is 0 Å². The minimum absolute atomic E-state index is 0.345. The molecule has 5 nitrogen and oxygen atoms in total. The summed E-state index contributed by atoms with van der Waals surface area (Å²) in [6.45, 7) is 9.29. The Kier molecular flexibility index (Phi) is 5.58. The molecule has 0 aromatic carbocycles. The lowest BCUT2D eigenvalue weighted by Gasteiger charge is -2.26. The summed E-state index contributed by atoms with van der Waals surface area (Å²) in [7, 11) is 0. The van der Waals surface area contributed by atoms with E-state index < -0.39 is 0 Å². The highest BCUT2D eigenvalue weighted by molar-refractivity contribution is 4.87. The number of hydrogen-bond acceptors (Lipinski definition) is 5. The second-order valence-corrected chi connectivity index (χ2v) is 4.73. The summed E-state index contributed by atoms with van der Waals surface area (Å²) in [4.78, 5) is 6.46. The number of aliphatic hydroxyl groups excluding tert-OH is 1. The first-order valence-corrected chi connectivity index (χ1v) is 6.26. The van der Waals surface area contributed by atoms with E-state index in [0.29, 0.717) is 30.8 Å². The molecule has 1 aromatic heterocycles. The van der Waals surface area contributed by atoms with Crippen LogP contribution in [0.2, 0.25) is 0 Å². The molecule has 0 aliphatic rings. The average Bonchev–Trinajstić information content (AvgIpc) is 2.64. The molecule has 17 heavy (non-hydrogen) atoms. The SMILES string of the molecule is CCCc1nc(CN(CC(C)O)C(C)C)no1. The number of rotatable bonds is 7. The van der Waals surface area contributed by atoms with Crippen molar-refractivity contribution < 1.29 is 9.63 Å². The molecule has 1 rings (SSSR count). The van der Waals surface area contributed by atoms with Crippen LogP contribution in [0.3, 0.4) is 0 Å². The van der Waals surface area contributed by atoms with Crippen molar-refractivity contribution in [3.63, 3.8) is 0 Å². The molecule has 1 atom stereocenters. The summed E-state index contributed by atoms with van der Waals surface area (Å²) < 4.78 is 5.14. The van der Waals surface area contributed by atoms with Gasteiger partial charge in [-0.3, -0.25) is 4.90 Å². The third-order valence-electron chi connectivity index (χ3n) is 2.55. The highest BCUT2D eigenvalue weighted by Crippen LogP contribution is 2.08. The molecule has 0 fully saturated rings. The number of aromatic nitrogens is 2. The molecule has 0 aliphatic carbocycles. The highest BCUT2D eigenvalue weighted by atomic mass is 16.5. The first-order valence-electron chi connectivity index (χ1n) is 6.26. The Labute approximate surface area is 103 Å². The fraction of sp³-hybridized carbons (Fsp3) is 0.833. The van der Waals surface area contributed by atoms with Crippen LogP contribution in [0.15, 0.2) is 4.52 Å². The normalized spacial score (nSPS) is 13.6. The summed E-state index contributed by atoms with van der Waals surface area (Å²) in [6.07, 6.45) is 1.48. The lowest BCUT2D eigenvalue weighted by Crippen LogP contribution is -2.36. The molecule has 0 amide bonds. The minimum Gasteiger partial charge on any atom is -0.392 e. The molecule has 0 radical (unpaired) electrons. The summed E-state index contributed by atoms with van der Waals surface area (Å²) in [5.74, 6) is 1.39. The van der Waals surface area contributed by atoms with Crippen LogP contribution >= 0.6 is 0 Å². The van der Waals surface area contributed by atoms with Crippen molar-refractivity contribution in [3.8, 4) is 0 Å². The molecule has 1 unspecified atom stereocenters. The number of aliphatic hydroxyl groups is 1. The topological polar surface area (TPSA) is 62.4 Å². The molecule has 1 N–H and O–H groups in total. The van der Waals surface area contributed by atoms with Gasteiger partial charge in [0.15, 0.2) is 5.82 Å². The van der Waals surface area contributed by atoms with Crippen LogP contribution in [0.4, 0.5) is 0 Å². The zero-order valence-corrected chi connectivity index (χ0v) is 11.2. The summed E-state index contributed by atoms with van der Waals surface area (Å²) in [6, 6.07) is 0.345. The maximum Gasteiger partial charge on any atom is 0.226 e. The van der Waals surface area contributed by atoms with Crippen molar-refractivity contribution in [2.45, 2.75) is 59.2 Å². The molecule has 1 heterocycles. The molecule has 0 spiro atoms. The van der Waals surface area contributed by atoms with Gasteiger partial charge in [0.2, 0.25) is 5.89 Å². The van der Waals surface area contributed by atoms with Gasteiger partial charge in [-0.15, -0.1) is 0 Å². The molecule has 0 aliphatic heterocycles. The molecule has 5 heteroatoms. The van der Waals surface area contributed by atoms with Gasteiger partial charge in [-0.1, -0.05) is 12.1 Å². The third-order valence-corrected chi connectivity index (χ3v) is 2.55. The standard InChI is InChI=1S/C12H23N3O2/c1-5-6-12-13-11(14-17-12)8-15(9(2)3)7-10(4)16/h9-10,16H,5-8H2,1-4H3. The Bertz CT molecular complexity index is 323. The van der Waals surface area contributed by atoms with Crippen LogP contribution in [-0.4, -0.2) is 38.8 Å². The van der Waals surface area contributed by atoms with E-state index in [4.69, 9.17) is 4.52 Å². The zero-order chi connectivity index (χ0) is 12.8. The second-order valence-electron chi connectivity index (χ2n) is 4.73. The molecule has 0 bridgehead atoms. The Morgan fingerprint density at radius 2 is 2.06 bits per heavy atom. The largest absolute Gasteiger partial charge is 0.392 e. The monoisotopic (exact) mass is 241 g/mol. The summed E-state index contributed by atoms with van der Waals surface area (Å²) >= 11 is 0. The fourth-order valence-electron chi connectivity index (χ4n) is 1.65. The lowest BCUT2D eigenvalue weighted by atomic mass is 10.2. The van der Waals surface area contributed by atoms with Crippen LogP contribution in [-0.2, 0) is 13.0 Å². The van der Waals surface area contributed by atoms with Crippen molar-refractivity contribution in [1.29, 1.82) is 0 Å². The van der Waals surface area contributed by atoms with Gasteiger partial charge in [-0.25, -0.2) is 0 Å². The van der Waals surface area contributed by atoms with Gasteiger partial charge >= 0.3 is 0 Å². The van der Waals surface area contributed by atoms with E-state index in [1.54, 1.807) is 6.92 Å². The molecule has 98 valence electrons. The van der Waals surface area contributed by atoms with Gasteiger partial charge in [0.1, 0.15) is 0 Å². The molecule has 0 saturated heterocycles. The summed E-state index contributed by atoms with van der Waals surface area (Å²) in [5, 5.41) is 13.4. The number of hydrogen-bond donors (Lipinski definition) is 1. The van der Waals surface area contributed by atoms with E-state index in [0.717, 1.165) is 12.8 Å². The first kappa shape index (κ1) is 14.1. The van der Waals surface area contributed by atoms with Crippen LogP contribution in [0.5, 0.6) is 0 Å². The van der Waals surface area contributed by atoms with Crippen LogP contribution in [0, 0.1) is 0 Å². The second kappa shape index (κ2) is 6.71. The van der Waals surface area contributed by atoms with Gasteiger partial charge in [-0.05, 0) is 27.2 Å². The highest BCUT2D eigenvalue weighted by Gasteiger charge is 2.15. The minimum atomic E-state index is -0.348. The predicted molar refractivity (Wildman–Crippen MR) is 65.5 cm³/mol. The fourth-order valence-corrected chi connectivity index (χ4v) is 1.65. The van der Waals surface area contributed by atoms with Gasteiger partial charge in [-0.2, -0.15) is 4.98 Å². The maximum atomic E-state index is 9.43. The van der Waals surface area contributed by atoms with Gasteiger partial charge < -0.3 is 9.63 Å². The molecule has 0 saturated carbocycles. The van der Waals surface area contributed by atoms with Crippen LogP contribution in [0.1, 0.15) is 45.8 Å². The zero-order valence-electron chi connectivity index (χ0n) is 11.2. The van der Waals surface area contributed by atoms with Crippen molar-refractivity contribution in [2.24, 2.45) is 0 Å². The van der Waals surface area contributed by atoms with Crippen molar-refractivity contribution >= 4 is 0 Å². The Morgan fingerprint density at radius 1 is 1.35 bits per heavy atom. The van der Waals surface area contributed by atoms with Crippen molar-refractivity contribution in [2.75, 3.05) is 6.54 Å². The van der Waals surface area contributed by atoms with Crippen molar-refractivity contribution in [3.05, 3.63) is 11.7 Å². The number of nitrogens with zero attached hydrogens (tertiary/aromatic N) is 3. The van der Waals surface area contributed by atoms with Gasteiger partial charge in [0.05, 0.1) is 12.6 Å². The van der Waals surface area contributed by atoms with E-state index >= 15 is 0 Å². The van der Waals surface area contributed by atoms with Gasteiger partial charge in [0.25, 0.3) is 0 Å². The van der Waals surface area contributed by atoms with E-state index in [1.165, 1.54) is 0 Å². The number of aryl methyl sites for hydroxylation is 1. The predicted octanol–water partition coefficient (Wildman–Crippen LogP) is 1.61. The first-order chi connectivity index (χ1) is 8.02. The third kappa shape index (κ3) is 4.83. The van der Waals surface area contributed by atoms with E-state index in [2.05, 4.69) is 35.8 Å². The van der Waals surface area contributed by atoms with Crippen molar-refractivity contribution in [1.82, 2.24) is 15.0 Å². The average molecular weight is 241 g/mol. The Morgan fingerprint density at radius 3 is 2.59 bits per heavy atom. The van der Waals surface area contributed by atoms with Crippen LogP contribution in [0.25, 0.3) is 0 Å². The van der Waals surface area contributed by atoms with E-state index in [-0.39, 0.29) is 6.10 Å². The Hall–Kier alpha value is -0.940. The van der Waals surface area contributed by atoms with E-state index in [9.17, 15) is 5.11 Å². The quantitative estimate of drug-likeness (QED) is 0.786. The molecule has 1 aromatic rings. The summed E-state index contributed by atoms with van der Waals surface area (Å²) in [5.41, 5.74) is 0. The smallest absolute Gasteiger partial charge is 0.226 e. The molecular formula is C12H23N3O2. The molecular weight excluding hydrogens is 218 g/mol.